The molecule has 1 aliphatic heterocycles. The maximum Gasteiger partial charge on any atom is 0.243 e. The van der Waals surface area contributed by atoms with Crippen LogP contribution in [0.15, 0.2) is 33.7 Å². The molecule has 0 N–H and O–H groups in total. The molecule has 0 amide bonds. The summed E-state index contributed by atoms with van der Waals surface area (Å²) in [6.45, 7) is 4.74. The van der Waals surface area contributed by atoms with Crippen molar-refractivity contribution in [1.29, 1.82) is 0 Å². The first kappa shape index (κ1) is 18.8. The Labute approximate surface area is 153 Å². The van der Waals surface area contributed by atoms with Gasteiger partial charge < -0.3 is 9.26 Å². The van der Waals surface area contributed by atoms with E-state index < -0.39 is 10.0 Å². The number of nitrogens with zero attached hydrogens (tertiary/aromatic N) is 4. The highest BCUT2D eigenvalue weighted by molar-refractivity contribution is 7.89. The fourth-order valence-electron chi connectivity index (χ4n) is 2.90. The van der Waals surface area contributed by atoms with Gasteiger partial charge in [0, 0.05) is 32.6 Å². The lowest BCUT2D eigenvalue weighted by Crippen LogP contribution is -2.48. The second-order valence-electron chi connectivity index (χ2n) is 6.21. The molecule has 0 radical (unpaired) electrons. The van der Waals surface area contributed by atoms with Crippen molar-refractivity contribution in [2.24, 2.45) is 0 Å². The van der Waals surface area contributed by atoms with Gasteiger partial charge in [0.15, 0.2) is 5.82 Å². The van der Waals surface area contributed by atoms with Gasteiger partial charge in [-0.2, -0.15) is 9.29 Å². The lowest BCUT2D eigenvalue weighted by atomic mass is 10.3. The Morgan fingerprint density at radius 1 is 1.15 bits per heavy atom. The summed E-state index contributed by atoms with van der Waals surface area (Å²) in [4.78, 5) is 6.78. The highest BCUT2D eigenvalue weighted by Crippen LogP contribution is 2.21. The number of hydrogen-bond donors (Lipinski definition) is 0. The molecule has 1 saturated heterocycles. The summed E-state index contributed by atoms with van der Waals surface area (Å²) in [5.74, 6) is 1.94. The molecule has 2 heterocycles. The fourth-order valence-corrected chi connectivity index (χ4v) is 4.32. The zero-order chi connectivity index (χ0) is 18.6. The number of methoxy groups -OCH3 is 1. The molecular weight excluding hydrogens is 356 g/mol. The molecule has 1 aliphatic rings. The molecule has 0 saturated carbocycles. The molecule has 9 heteroatoms. The van der Waals surface area contributed by atoms with E-state index in [0.29, 0.717) is 44.4 Å². The number of rotatable bonds is 7. The molecule has 1 fully saturated rings. The molecule has 26 heavy (non-hydrogen) atoms. The number of piperazine rings is 1. The van der Waals surface area contributed by atoms with Crippen LogP contribution in [0.25, 0.3) is 0 Å². The number of sulfonamides is 1. The number of ether oxygens (including phenoxy) is 1. The van der Waals surface area contributed by atoms with Gasteiger partial charge in [0.2, 0.25) is 15.9 Å². The highest BCUT2D eigenvalue weighted by Gasteiger charge is 2.29. The van der Waals surface area contributed by atoms with Crippen molar-refractivity contribution >= 4 is 10.0 Å². The van der Waals surface area contributed by atoms with Gasteiger partial charge in [-0.3, -0.25) is 4.90 Å². The minimum atomic E-state index is -3.49. The van der Waals surface area contributed by atoms with Crippen LogP contribution in [-0.2, 0) is 23.0 Å². The molecule has 1 aromatic heterocycles. The van der Waals surface area contributed by atoms with Crippen molar-refractivity contribution in [1.82, 2.24) is 19.3 Å². The van der Waals surface area contributed by atoms with E-state index >= 15 is 0 Å². The number of aryl methyl sites for hydroxylation is 1. The quantitative estimate of drug-likeness (QED) is 0.720. The predicted molar refractivity (Wildman–Crippen MR) is 95.3 cm³/mol. The minimum absolute atomic E-state index is 0.285. The summed E-state index contributed by atoms with van der Waals surface area (Å²) < 4.78 is 37.4. The molecule has 8 nitrogen and oxygen atoms in total. The van der Waals surface area contributed by atoms with Gasteiger partial charge in [0.25, 0.3) is 0 Å². The van der Waals surface area contributed by atoms with Gasteiger partial charge in [-0.25, -0.2) is 8.42 Å². The van der Waals surface area contributed by atoms with Crippen molar-refractivity contribution in [3.63, 3.8) is 0 Å². The third-order valence-electron chi connectivity index (χ3n) is 4.37. The fraction of sp³-hybridized carbons (Fsp3) is 0.529. The molecule has 1 aromatic carbocycles. The lowest BCUT2D eigenvalue weighted by Gasteiger charge is -2.33. The topological polar surface area (TPSA) is 88.8 Å². The second kappa shape index (κ2) is 8.15. The van der Waals surface area contributed by atoms with Crippen LogP contribution in [0.2, 0.25) is 0 Å². The molecule has 0 aliphatic carbocycles. The largest absolute Gasteiger partial charge is 0.497 e. The number of aromatic nitrogens is 2. The average molecular weight is 380 g/mol. The molecule has 0 unspecified atom stereocenters. The van der Waals surface area contributed by atoms with E-state index in [9.17, 15) is 8.42 Å². The Balaban J connectivity index is 1.58. The first-order valence-corrected chi connectivity index (χ1v) is 10.1. The zero-order valence-electron chi connectivity index (χ0n) is 15.1. The molecule has 142 valence electrons. The maximum atomic E-state index is 12.8. The van der Waals surface area contributed by atoms with E-state index in [-0.39, 0.29) is 4.90 Å². The van der Waals surface area contributed by atoms with Crippen LogP contribution in [-0.4, -0.2) is 61.1 Å². The average Bonchev–Trinajstić information content (AvgIpc) is 3.09. The Morgan fingerprint density at radius 2 is 1.85 bits per heavy atom. The molecule has 2 aromatic rings. The Morgan fingerprint density at radius 3 is 2.46 bits per heavy atom. The zero-order valence-corrected chi connectivity index (χ0v) is 15.9. The maximum absolute atomic E-state index is 12.8. The normalized spacial score (nSPS) is 16.7. The van der Waals surface area contributed by atoms with Crippen molar-refractivity contribution in [2.75, 3.05) is 33.3 Å². The van der Waals surface area contributed by atoms with Gasteiger partial charge in [0.05, 0.1) is 18.6 Å². The summed E-state index contributed by atoms with van der Waals surface area (Å²) in [6, 6.07) is 6.47. The van der Waals surface area contributed by atoms with Gasteiger partial charge >= 0.3 is 0 Å². The van der Waals surface area contributed by atoms with Crippen LogP contribution in [0.1, 0.15) is 25.1 Å². The Hall–Kier alpha value is -1.97. The first-order valence-electron chi connectivity index (χ1n) is 8.71. The van der Waals surface area contributed by atoms with Crippen LogP contribution in [0.4, 0.5) is 0 Å². The van der Waals surface area contributed by atoms with Crippen LogP contribution >= 0.6 is 0 Å². The van der Waals surface area contributed by atoms with Crippen molar-refractivity contribution in [3.8, 4) is 5.75 Å². The summed E-state index contributed by atoms with van der Waals surface area (Å²) >= 11 is 0. The first-order chi connectivity index (χ1) is 12.5. The molecule has 0 bridgehead atoms. The third kappa shape index (κ3) is 4.22. The van der Waals surface area contributed by atoms with Gasteiger partial charge in [-0.15, -0.1) is 0 Å². The van der Waals surface area contributed by atoms with E-state index in [1.54, 1.807) is 31.4 Å². The van der Waals surface area contributed by atoms with E-state index in [4.69, 9.17) is 9.26 Å². The highest BCUT2D eigenvalue weighted by atomic mass is 32.2. The molecular formula is C17H24N4O4S. The number of hydrogen-bond acceptors (Lipinski definition) is 7. The van der Waals surface area contributed by atoms with E-state index in [0.717, 1.165) is 18.7 Å². The predicted octanol–water partition coefficient (Wildman–Crippen LogP) is 1.54. The van der Waals surface area contributed by atoms with Crippen LogP contribution in [0, 0.1) is 0 Å². The summed E-state index contributed by atoms with van der Waals surface area (Å²) in [5, 5.41) is 3.95. The van der Waals surface area contributed by atoms with E-state index in [2.05, 4.69) is 22.0 Å². The van der Waals surface area contributed by atoms with Gasteiger partial charge in [-0.1, -0.05) is 12.1 Å². The summed E-state index contributed by atoms with van der Waals surface area (Å²) in [7, 11) is -1.93. The van der Waals surface area contributed by atoms with Crippen molar-refractivity contribution in [2.45, 2.75) is 31.2 Å². The third-order valence-corrected chi connectivity index (χ3v) is 6.28. The monoisotopic (exact) mass is 380 g/mol. The smallest absolute Gasteiger partial charge is 0.243 e. The molecule has 3 rings (SSSR count). The van der Waals surface area contributed by atoms with E-state index in [1.807, 2.05) is 0 Å². The van der Waals surface area contributed by atoms with Crippen molar-refractivity contribution in [3.05, 3.63) is 36.0 Å². The van der Waals surface area contributed by atoms with Crippen LogP contribution in [0.5, 0.6) is 5.75 Å². The standard InChI is InChI=1S/C17H24N4O4S/c1-3-4-16-18-17(25-19-16)13-20-9-11-21(12-10-20)26(22,23)15-7-5-14(24-2)6-8-15/h5-8H,3-4,9-13H2,1-2H3. The van der Waals surface area contributed by atoms with Crippen LogP contribution in [0.3, 0.4) is 0 Å². The summed E-state index contributed by atoms with van der Waals surface area (Å²) in [5.41, 5.74) is 0. The van der Waals surface area contributed by atoms with Gasteiger partial charge in [0.1, 0.15) is 5.75 Å². The number of benzene rings is 1. The van der Waals surface area contributed by atoms with Gasteiger partial charge in [-0.05, 0) is 30.7 Å². The Kier molecular flexibility index (Phi) is 5.90. The van der Waals surface area contributed by atoms with E-state index in [1.165, 1.54) is 4.31 Å². The lowest BCUT2D eigenvalue weighted by molar-refractivity contribution is 0.163. The van der Waals surface area contributed by atoms with Crippen LogP contribution < -0.4 is 4.74 Å². The molecule has 0 atom stereocenters. The SMILES string of the molecule is CCCc1noc(CN2CCN(S(=O)(=O)c3ccc(OC)cc3)CC2)n1. The van der Waals surface area contributed by atoms with Crippen molar-refractivity contribution < 1.29 is 17.7 Å². The second-order valence-corrected chi connectivity index (χ2v) is 8.15. The Bertz CT molecular complexity index is 812. The summed E-state index contributed by atoms with van der Waals surface area (Å²) in [6.07, 6.45) is 1.78. The molecule has 0 spiro atoms. The minimum Gasteiger partial charge on any atom is -0.497 e.